The minimum absolute atomic E-state index is 0.242. The Labute approximate surface area is 269 Å². The van der Waals surface area contributed by atoms with E-state index in [1.165, 1.54) is 12.7 Å². The number of aromatic nitrogens is 2. The third-order valence-electron chi connectivity index (χ3n) is 10.8. The number of rotatable bonds is 5. The predicted octanol–water partition coefficient (Wildman–Crippen LogP) is 6.84. The Hall–Kier alpha value is -3.38. The maximum absolute atomic E-state index is 13.3. The fourth-order valence-corrected chi connectivity index (χ4v) is 9.40. The van der Waals surface area contributed by atoms with Gasteiger partial charge in [0.2, 0.25) is 11.6 Å². The quantitative estimate of drug-likeness (QED) is 0.297. The monoisotopic (exact) mass is 645 g/mol. The number of amides is 1. The average Bonchev–Trinajstić information content (AvgIpc) is 3.38. The van der Waals surface area contributed by atoms with Gasteiger partial charge in [0.1, 0.15) is 11.9 Å². The lowest BCUT2D eigenvalue weighted by atomic mass is 9.53. The van der Waals surface area contributed by atoms with Crippen molar-refractivity contribution in [2.45, 2.75) is 87.3 Å². The van der Waals surface area contributed by atoms with Gasteiger partial charge in [-0.2, -0.15) is 9.78 Å². The number of carbonyl (C=O) groups is 1. The number of pyridine rings is 2. The molecule has 46 heavy (non-hydrogen) atoms. The first-order valence-corrected chi connectivity index (χ1v) is 18.2. The van der Waals surface area contributed by atoms with Crippen molar-refractivity contribution in [3.05, 3.63) is 60.6 Å². The smallest absolute Gasteiger partial charge is 0.413 e. The number of nitrogens with zero attached hydrogens (tertiary/aromatic N) is 2. The van der Waals surface area contributed by atoms with Crippen LogP contribution in [0, 0.1) is 30.6 Å². The van der Waals surface area contributed by atoms with E-state index in [0.717, 1.165) is 66.3 Å². The van der Waals surface area contributed by atoms with Crippen molar-refractivity contribution in [3.8, 4) is 22.3 Å². The largest absolute Gasteiger partial charge is 0.446 e. The fourth-order valence-electron chi connectivity index (χ4n) is 8.77. The Morgan fingerprint density at radius 1 is 0.913 bits per heavy atom. The van der Waals surface area contributed by atoms with Gasteiger partial charge in [-0.05, 0) is 93.5 Å². The molecule has 4 bridgehead atoms. The predicted molar refractivity (Wildman–Crippen MR) is 169 cm³/mol. The molecule has 5 aliphatic carbocycles. The molecule has 10 nitrogen and oxygen atoms in total. The van der Waals surface area contributed by atoms with E-state index < -0.39 is 33.6 Å². The summed E-state index contributed by atoms with van der Waals surface area (Å²) in [6.07, 6.45) is 12.1. The number of ether oxygens (including phenoxy) is 2. The second-order valence-electron chi connectivity index (χ2n) is 14.1. The van der Waals surface area contributed by atoms with E-state index in [4.69, 9.17) is 19.2 Å². The van der Waals surface area contributed by atoms with E-state index in [9.17, 15) is 13.2 Å². The van der Waals surface area contributed by atoms with Crippen molar-refractivity contribution >= 4 is 21.7 Å². The molecule has 5 saturated carbocycles. The van der Waals surface area contributed by atoms with E-state index in [1.54, 1.807) is 36.7 Å². The van der Waals surface area contributed by atoms with Crippen LogP contribution in [-0.4, -0.2) is 48.4 Å². The Bertz CT molecular complexity index is 1730. The van der Waals surface area contributed by atoms with Gasteiger partial charge >= 0.3 is 6.09 Å². The first-order valence-electron chi connectivity index (χ1n) is 16.4. The lowest BCUT2D eigenvalue weighted by Crippen LogP contribution is -2.59. The molecule has 1 saturated heterocycles. The van der Waals surface area contributed by atoms with Crippen LogP contribution in [0.1, 0.15) is 63.5 Å². The topological polar surface area (TPSA) is 126 Å². The second kappa shape index (κ2) is 11.1. The molecule has 1 unspecified atom stereocenters. The highest BCUT2D eigenvalue weighted by Crippen LogP contribution is 2.63. The molecular weight excluding hydrogens is 606 g/mol. The number of sulfone groups is 1. The third-order valence-corrected chi connectivity index (χ3v) is 11.9. The summed E-state index contributed by atoms with van der Waals surface area (Å²) in [7, 11) is -3.32. The number of aryl methyl sites for hydroxylation is 1. The van der Waals surface area contributed by atoms with Crippen molar-refractivity contribution in [1.29, 1.82) is 0 Å². The number of carbonyl (C=O) groups excluding carboxylic acids is 1. The summed E-state index contributed by atoms with van der Waals surface area (Å²) < 4.78 is 36.7. The van der Waals surface area contributed by atoms with Crippen molar-refractivity contribution < 1.29 is 32.5 Å². The number of benzene rings is 1. The molecule has 9 rings (SSSR count). The number of hydrogen-bond acceptors (Lipinski definition) is 9. The van der Waals surface area contributed by atoms with E-state index >= 15 is 0 Å². The third kappa shape index (κ3) is 5.40. The van der Waals surface area contributed by atoms with Crippen LogP contribution in [0.2, 0.25) is 0 Å². The fraction of sp³-hybridized carbons (Fsp3) is 0.514. The van der Waals surface area contributed by atoms with E-state index in [-0.39, 0.29) is 4.90 Å². The Kier molecular flexibility index (Phi) is 7.24. The summed E-state index contributed by atoms with van der Waals surface area (Å²) in [5.41, 5.74) is 3.84. The molecule has 2 spiro atoms. The molecule has 11 heteroatoms. The average molecular weight is 646 g/mol. The molecular formula is C35H39N3O7S. The molecule has 3 heterocycles. The van der Waals surface area contributed by atoms with Gasteiger partial charge in [-0.1, -0.05) is 18.2 Å². The van der Waals surface area contributed by atoms with Crippen LogP contribution < -0.4 is 5.32 Å². The molecule has 1 aromatic carbocycles. The van der Waals surface area contributed by atoms with Crippen LogP contribution in [0.15, 0.2) is 59.8 Å². The molecule has 6 aliphatic rings. The van der Waals surface area contributed by atoms with Crippen LogP contribution in [-0.2, 0) is 29.1 Å². The van der Waals surface area contributed by atoms with Crippen LogP contribution in [0.25, 0.3) is 22.3 Å². The molecule has 2 atom stereocenters. The lowest BCUT2D eigenvalue weighted by molar-refractivity contribution is -0.390. The van der Waals surface area contributed by atoms with Gasteiger partial charge in [0.05, 0.1) is 4.90 Å². The first-order chi connectivity index (χ1) is 22.1. The molecule has 1 N–H and O–H groups in total. The number of nitrogens with one attached hydrogen (secondary N) is 1. The molecule has 0 radical (unpaired) electrons. The van der Waals surface area contributed by atoms with Crippen LogP contribution >= 0.6 is 0 Å². The zero-order chi connectivity index (χ0) is 31.7. The lowest BCUT2D eigenvalue weighted by Gasteiger charge is -2.57. The highest BCUT2D eigenvalue weighted by atomic mass is 32.2. The van der Waals surface area contributed by atoms with Crippen molar-refractivity contribution in [1.82, 2.24) is 9.97 Å². The number of anilines is 1. The standard InChI is InChI=1S/C35H39N3O7S/c1-21-5-6-25(19-36-21)31-17-26(24-7-9-30(10-8-24)46(2,40)41)20-37-32(31)38-33(39)42-29-4-3-11-34(18-29)43-35(45-44-34)27-13-22-12-23(15-27)16-28(35)14-22/h5-10,17,19-20,22-23,27-29H,3-4,11-16,18H2,1-2H3,(H,37,38,39)/t22?,23?,27?,28?,29?,34-,35?/m1/s1. The summed E-state index contributed by atoms with van der Waals surface area (Å²) in [6.45, 7) is 1.91. The zero-order valence-corrected chi connectivity index (χ0v) is 26.9. The highest BCUT2D eigenvalue weighted by Gasteiger charge is 2.67. The van der Waals surface area contributed by atoms with Gasteiger partial charge in [-0.3, -0.25) is 10.3 Å². The Morgan fingerprint density at radius 2 is 1.61 bits per heavy atom. The molecule has 6 fully saturated rings. The van der Waals surface area contributed by atoms with Gasteiger partial charge in [-0.15, -0.1) is 0 Å². The van der Waals surface area contributed by atoms with Gasteiger partial charge in [0.15, 0.2) is 9.84 Å². The normalized spacial score (nSPS) is 33.0. The highest BCUT2D eigenvalue weighted by molar-refractivity contribution is 7.90. The maximum Gasteiger partial charge on any atom is 0.413 e. The van der Waals surface area contributed by atoms with Crippen LogP contribution in [0.4, 0.5) is 10.6 Å². The summed E-state index contributed by atoms with van der Waals surface area (Å²) in [4.78, 5) is 34.9. The Balaban J connectivity index is 0.990. The first kappa shape index (κ1) is 30.0. The number of hydrogen-bond donors (Lipinski definition) is 1. The molecule has 242 valence electrons. The minimum Gasteiger partial charge on any atom is -0.446 e. The molecule has 2 aromatic heterocycles. The minimum atomic E-state index is -3.32. The second-order valence-corrected chi connectivity index (χ2v) is 16.1. The zero-order valence-electron chi connectivity index (χ0n) is 26.1. The SMILES string of the molecule is Cc1ccc(-c2cc(-c3ccc(S(C)(=O)=O)cc3)cnc2NC(=O)OC2CCC[C@]3(C2)OOC2(O3)C3CC4CC(C3)CC2C4)cn1. The summed E-state index contributed by atoms with van der Waals surface area (Å²) in [6, 6.07) is 12.4. The van der Waals surface area contributed by atoms with E-state index in [0.29, 0.717) is 42.5 Å². The van der Waals surface area contributed by atoms with Crippen molar-refractivity contribution in [2.75, 3.05) is 11.6 Å². The van der Waals surface area contributed by atoms with Crippen molar-refractivity contribution in [3.63, 3.8) is 0 Å². The van der Waals surface area contributed by atoms with Gasteiger partial charge < -0.3 is 9.47 Å². The van der Waals surface area contributed by atoms with Gasteiger partial charge in [-0.25, -0.2) is 18.2 Å². The molecule has 1 aliphatic heterocycles. The van der Waals surface area contributed by atoms with E-state index in [1.807, 2.05) is 25.1 Å². The van der Waals surface area contributed by atoms with Gasteiger partial charge in [0, 0.05) is 65.7 Å². The molecule has 1 amide bonds. The Morgan fingerprint density at radius 3 is 2.28 bits per heavy atom. The van der Waals surface area contributed by atoms with E-state index in [2.05, 4.69) is 15.3 Å². The maximum atomic E-state index is 13.3. The molecule has 3 aromatic rings. The van der Waals surface area contributed by atoms with Crippen LogP contribution in [0.5, 0.6) is 0 Å². The summed E-state index contributed by atoms with van der Waals surface area (Å²) >= 11 is 0. The summed E-state index contributed by atoms with van der Waals surface area (Å²) in [5.74, 6) is 1.08. The van der Waals surface area contributed by atoms with Crippen LogP contribution in [0.3, 0.4) is 0 Å². The summed E-state index contributed by atoms with van der Waals surface area (Å²) in [5, 5.41) is 2.86. The van der Waals surface area contributed by atoms with Crippen molar-refractivity contribution in [2.24, 2.45) is 23.7 Å². The van der Waals surface area contributed by atoms with Gasteiger partial charge in [0.25, 0.3) is 0 Å².